The highest BCUT2D eigenvalue weighted by Gasteiger charge is 2.39. The topological polar surface area (TPSA) is 96.2 Å². The molecular weight excluding hydrogens is 435 g/mol. The van der Waals surface area contributed by atoms with Gasteiger partial charge in [-0.1, -0.05) is 45.0 Å². The van der Waals surface area contributed by atoms with Crippen LogP contribution >= 0.6 is 0 Å². The summed E-state index contributed by atoms with van der Waals surface area (Å²) in [7, 11) is 0. The van der Waals surface area contributed by atoms with E-state index in [0.29, 0.717) is 34.7 Å². The fraction of sp³-hybridized carbons (Fsp3) is 0.346. The van der Waals surface area contributed by atoms with Crippen molar-refractivity contribution in [1.82, 2.24) is 15.1 Å². The second-order valence-corrected chi connectivity index (χ2v) is 9.31. The molecule has 2 amide bonds. The lowest BCUT2D eigenvalue weighted by atomic mass is 9.69. The number of rotatable bonds is 5. The van der Waals surface area contributed by atoms with Crippen molar-refractivity contribution < 1.29 is 19.1 Å². The number of nitrogens with one attached hydrogen (secondary N) is 2. The van der Waals surface area contributed by atoms with Crippen LogP contribution in [0.25, 0.3) is 5.69 Å². The normalized spacial score (nSPS) is 18.8. The number of hydrogen-bond acceptors (Lipinski definition) is 4. The van der Waals surface area contributed by atoms with Gasteiger partial charge >= 0.3 is 6.03 Å². The van der Waals surface area contributed by atoms with Crippen molar-refractivity contribution in [2.24, 2.45) is 0 Å². The van der Waals surface area contributed by atoms with E-state index in [4.69, 9.17) is 0 Å². The summed E-state index contributed by atoms with van der Waals surface area (Å²) in [5, 5.41) is 21.0. The van der Waals surface area contributed by atoms with E-state index in [0.717, 1.165) is 5.56 Å². The van der Waals surface area contributed by atoms with E-state index in [1.54, 1.807) is 19.9 Å². The molecule has 3 aromatic rings. The van der Waals surface area contributed by atoms with Gasteiger partial charge in [-0.05, 0) is 54.2 Å². The summed E-state index contributed by atoms with van der Waals surface area (Å²) in [6.07, 6.45) is -0.198. The van der Waals surface area contributed by atoms with Gasteiger partial charge in [0.25, 0.3) is 0 Å². The Hall–Kier alpha value is -3.52. The first-order valence-electron chi connectivity index (χ1n) is 11.4. The van der Waals surface area contributed by atoms with E-state index >= 15 is 0 Å². The summed E-state index contributed by atoms with van der Waals surface area (Å²) < 4.78 is 15.5. The number of carbonyl (C=O) groups excluding carboxylic acids is 2. The number of aliphatic hydroxyl groups excluding tert-OH is 1. The number of Topliss-reactive ketones (excluding diaryl/α,β-unsaturated/α-hetero) is 1. The molecule has 34 heavy (non-hydrogen) atoms. The predicted octanol–water partition coefficient (Wildman–Crippen LogP) is 4.82. The molecule has 8 heteroatoms. The molecule has 3 N–H and O–H groups in total. The lowest BCUT2D eigenvalue weighted by Gasteiger charge is -2.40. The molecule has 0 fully saturated rings. The third kappa shape index (κ3) is 4.33. The maximum atomic E-state index is 14.0. The Labute approximate surface area is 198 Å². The first-order chi connectivity index (χ1) is 16.1. The number of halogens is 1. The second-order valence-electron chi connectivity index (χ2n) is 9.31. The van der Waals surface area contributed by atoms with Crippen LogP contribution < -0.4 is 10.6 Å². The van der Waals surface area contributed by atoms with Crippen LogP contribution in [0.1, 0.15) is 66.8 Å². The number of anilines is 1. The number of carbonyl (C=O) groups is 2. The highest BCUT2D eigenvalue weighted by molar-refractivity contribution is 5.98. The Morgan fingerprint density at radius 3 is 2.59 bits per heavy atom. The quantitative estimate of drug-likeness (QED) is 0.472. The number of amides is 2. The summed E-state index contributed by atoms with van der Waals surface area (Å²) in [5.41, 5.74) is 2.53. The minimum atomic E-state index is -0.851. The number of para-hydroxylation sites is 1. The first kappa shape index (κ1) is 23.6. The summed E-state index contributed by atoms with van der Waals surface area (Å²) >= 11 is 0. The van der Waals surface area contributed by atoms with Crippen molar-refractivity contribution >= 4 is 17.6 Å². The van der Waals surface area contributed by atoms with Gasteiger partial charge in [0.15, 0.2) is 5.78 Å². The van der Waals surface area contributed by atoms with Crippen LogP contribution in [0.3, 0.4) is 0 Å². The van der Waals surface area contributed by atoms with Crippen LogP contribution in [0.4, 0.5) is 15.0 Å². The zero-order chi connectivity index (χ0) is 24.6. The fourth-order valence-corrected chi connectivity index (χ4v) is 4.63. The van der Waals surface area contributed by atoms with Gasteiger partial charge in [0.05, 0.1) is 17.8 Å². The van der Waals surface area contributed by atoms with E-state index in [1.165, 1.54) is 16.8 Å². The number of aliphatic hydroxyl groups is 1. The van der Waals surface area contributed by atoms with Crippen molar-refractivity contribution in [3.63, 3.8) is 0 Å². The first-order valence-corrected chi connectivity index (χ1v) is 11.4. The SMILES string of the molecule is CCC(=O)c1nn(-c2ccccc2)c(NC(=O)N[C@@H]2c3ccc(F)cc3C(C)(C)C[C@H]2O)c1C. The Morgan fingerprint density at radius 2 is 1.91 bits per heavy atom. The smallest absolute Gasteiger partial charge is 0.320 e. The largest absolute Gasteiger partial charge is 0.391 e. The van der Waals surface area contributed by atoms with Crippen LogP contribution in [0.2, 0.25) is 0 Å². The summed E-state index contributed by atoms with van der Waals surface area (Å²) in [4.78, 5) is 25.5. The lowest BCUT2D eigenvalue weighted by molar-refractivity contribution is 0.0881. The van der Waals surface area contributed by atoms with E-state index in [1.807, 2.05) is 44.2 Å². The average Bonchev–Trinajstić information content (AvgIpc) is 3.12. The van der Waals surface area contributed by atoms with Gasteiger partial charge in [-0.15, -0.1) is 0 Å². The lowest BCUT2D eigenvalue weighted by Crippen LogP contribution is -2.45. The molecule has 0 spiro atoms. The van der Waals surface area contributed by atoms with Crippen LogP contribution in [0.15, 0.2) is 48.5 Å². The molecule has 0 bridgehead atoms. The zero-order valence-corrected chi connectivity index (χ0v) is 19.7. The molecule has 178 valence electrons. The zero-order valence-electron chi connectivity index (χ0n) is 19.7. The van der Waals surface area contributed by atoms with Gasteiger partial charge in [-0.25, -0.2) is 13.9 Å². The molecule has 0 aliphatic heterocycles. The Kier molecular flexibility index (Phi) is 6.27. The summed E-state index contributed by atoms with van der Waals surface area (Å²) in [6, 6.07) is 12.3. The number of fused-ring (bicyclic) bond motifs is 1. The fourth-order valence-electron chi connectivity index (χ4n) is 4.63. The third-order valence-electron chi connectivity index (χ3n) is 6.41. The van der Waals surface area contributed by atoms with Crippen molar-refractivity contribution in [2.45, 2.75) is 58.1 Å². The number of nitrogens with zero attached hydrogens (tertiary/aromatic N) is 2. The van der Waals surface area contributed by atoms with Gasteiger partial charge in [0.1, 0.15) is 17.3 Å². The van der Waals surface area contributed by atoms with E-state index in [9.17, 15) is 19.1 Å². The summed E-state index contributed by atoms with van der Waals surface area (Å²) in [5.74, 6) is -0.121. The van der Waals surface area contributed by atoms with Gasteiger partial charge in [0, 0.05) is 12.0 Å². The number of benzene rings is 2. The van der Waals surface area contributed by atoms with Crippen LogP contribution in [-0.2, 0) is 5.41 Å². The Morgan fingerprint density at radius 1 is 1.21 bits per heavy atom. The van der Waals surface area contributed by atoms with Crippen molar-refractivity contribution in [3.8, 4) is 5.69 Å². The molecule has 0 saturated carbocycles. The van der Waals surface area contributed by atoms with Crippen molar-refractivity contribution in [2.75, 3.05) is 5.32 Å². The Balaban J connectivity index is 1.66. The van der Waals surface area contributed by atoms with Gasteiger partial charge in [-0.3, -0.25) is 10.1 Å². The molecule has 2 atom stereocenters. The number of urea groups is 1. The molecule has 2 aromatic carbocycles. The molecule has 1 aromatic heterocycles. The molecule has 1 aliphatic carbocycles. The molecule has 0 radical (unpaired) electrons. The van der Waals surface area contributed by atoms with E-state index in [2.05, 4.69) is 15.7 Å². The molecular formula is C26H29FN4O3. The number of ketones is 1. The van der Waals surface area contributed by atoms with Crippen molar-refractivity contribution in [3.05, 3.63) is 76.7 Å². The molecule has 1 heterocycles. The molecule has 0 unspecified atom stereocenters. The van der Waals surface area contributed by atoms with Crippen LogP contribution in [0, 0.1) is 12.7 Å². The van der Waals surface area contributed by atoms with Crippen LogP contribution in [-0.4, -0.2) is 32.8 Å². The molecule has 7 nitrogen and oxygen atoms in total. The molecule has 4 rings (SSSR count). The maximum Gasteiger partial charge on any atom is 0.320 e. The van der Waals surface area contributed by atoms with Gasteiger partial charge < -0.3 is 10.4 Å². The summed E-state index contributed by atoms with van der Waals surface area (Å²) in [6.45, 7) is 7.38. The van der Waals surface area contributed by atoms with E-state index in [-0.39, 0.29) is 18.0 Å². The average molecular weight is 465 g/mol. The van der Waals surface area contributed by atoms with Crippen molar-refractivity contribution in [1.29, 1.82) is 0 Å². The van der Waals surface area contributed by atoms with Gasteiger partial charge in [0.2, 0.25) is 0 Å². The van der Waals surface area contributed by atoms with Gasteiger partial charge in [-0.2, -0.15) is 5.10 Å². The highest BCUT2D eigenvalue weighted by Crippen LogP contribution is 2.42. The Bertz CT molecular complexity index is 1240. The highest BCUT2D eigenvalue weighted by atomic mass is 19.1. The second kappa shape index (κ2) is 9.02. The van der Waals surface area contributed by atoms with Crippen LogP contribution in [0.5, 0.6) is 0 Å². The minimum Gasteiger partial charge on any atom is -0.391 e. The standard InChI is InChI=1S/C26H29FN4O3/c1-5-20(32)22-15(2)24(31(30-22)17-9-7-6-8-10-17)29-25(34)28-23-18-12-11-16(27)13-19(18)26(3,4)14-21(23)33/h6-13,21,23,33H,5,14H2,1-4H3,(H2,28,29,34)/t21-,23-/m1/s1. The maximum absolute atomic E-state index is 14.0. The number of hydrogen-bond donors (Lipinski definition) is 3. The molecule has 0 saturated heterocycles. The van der Waals surface area contributed by atoms with E-state index < -0.39 is 23.6 Å². The molecule has 1 aliphatic rings. The monoisotopic (exact) mass is 464 g/mol. The minimum absolute atomic E-state index is 0.128. The number of aromatic nitrogens is 2. The third-order valence-corrected chi connectivity index (χ3v) is 6.41. The predicted molar refractivity (Wildman–Crippen MR) is 128 cm³/mol.